The first-order chi connectivity index (χ1) is 13.1. The van der Waals surface area contributed by atoms with E-state index >= 15 is 0 Å². The van der Waals surface area contributed by atoms with Gasteiger partial charge in [0.25, 0.3) is 5.91 Å². The zero-order valence-electron chi connectivity index (χ0n) is 15.6. The number of hydrogen-bond donors (Lipinski definition) is 2. The van der Waals surface area contributed by atoms with Crippen molar-refractivity contribution in [2.24, 2.45) is 0 Å². The zero-order valence-corrected chi connectivity index (χ0v) is 16.4. The molecule has 2 aliphatic rings. The van der Waals surface area contributed by atoms with Crippen molar-refractivity contribution in [3.63, 3.8) is 0 Å². The number of carbonyl (C=O) groups excluding carboxylic acids is 2. The summed E-state index contributed by atoms with van der Waals surface area (Å²) in [4.78, 5) is 27.0. The Kier molecular flexibility index (Phi) is 7.10. The molecule has 1 aliphatic carbocycles. The number of rotatable bonds is 6. The van der Waals surface area contributed by atoms with Crippen molar-refractivity contribution in [2.45, 2.75) is 37.6 Å². The molecule has 0 spiro atoms. The van der Waals surface area contributed by atoms with E-state index in [-0.39, 0.29) is 23.9 Å². The van der Waals surface area contributed by atoms with Crippen molar-refractivity contribution in [3.8, 4) is 0 Å². The van der Waals surface area contributed by atoms with Crippen LogP contribution in [0.5, 0.6) is 0 Å². The molecule has 27 heavy (non-hydrogen) atoms. The number of carbonyl (C=O) groups is 2. The van der Waals surface area contributed by atoms with Gasteiger partial charge >= 0.3 is 0 Å². The number of amides is 2. The van der Waals surface area contributed by atoms with Gasteiger partial charge in [0.05, 0.1) is 19.8 Å². The van der Waals surface area contributed by atoms with Gasteiger partial charge in [-0.3, -0.25) is 14.5 Å². The van der Waals surface area contributed by atoms with Crippen LogP contribution in [0.25, 0.3) is 0 Å². The molecule has 1 aromatic carbocycles. The highest BCUT2D eigenvalue weighted by Crippen LogP contribution is 2.33. The molecule has 2 amide bonds. The lowest BCUT2D eigenvalue weighted by Gasteiger charge is -2.48. The van der Waals surface area contributed by atoms with Crippen molar-refractivity contribution in [1.29, 1.82) is 0 Å². The van der Waals surface area contributed by atoms with Crippen molar-refractivity contribution in [2.75, 3.05) is 39.4 Å². The van der Waals surface area contributed by atoms with Crippen molar-refractivity contribution >= 4 is 23.4 Å². The molecule has 0 aromatic heterocycles. The Bertz CT molecular complexity index is 656. The highest BCUT2D eigenvalue weighted by Gasteiger charge is 2.38. The third-order valence-corrected chi connectivity index (χ3v) is 5.81. The summed E-state index contributed by atoms with van der Waals surface area (Å²) in [5.41, 5.74) is 0.474. The van der Waals surface area contributed by atoms with Crippen LogP contribution in [-0.2, 0) is 9.53 Å². The minimum Gasteiger partial charge on any atom is -0.379 e. The molecule has 1 heterocycles. The summed E-state index contributed by atoms with van der Waals surface area (Å²) >= 11 is 5.90. The van der Waals surface area contributed by atoms with Crippen LogP contribution in [0.1, 0.15) is 42.5 Å². The number of halogens is 1. The van der Waals surface area contributed by atoms with Gasteiger partial charge < -0.3 is 15.4 Å². The molecule has 1 saturated carbocycles. The van der Waals surface area contributed by atoms with E-state index in [9.17, 15) is 9.59 Å². The van der Waals surface area contributed by atoms with Crippen molar-refractivity contribution in [3.05, 3.63) is 34.9 Å². The monoisotopic (exact) mass is 393 g/mol. The summed E-state index contributed by atoms with van der Waals surface area (Å²) < 4.78 is 5.49. The normalized spacial score (nSPS) is 20.0. The Morgan fingerprint density at radius 2 is 1.85 bits per heavy atom. The Balaban J connectivity index is 1.51. The van der Waals surface area contributed by atoms with E-state index in [1.54, 1.807) is 24.3 Å². The van der Waals surface area contributed by atoms with Gasteiger partial charge in [0.15, 0.2) is 0 Å². The van der Waals surface area contributed by atoms with E-state index < -0.39 is 0 Å². The predicted molar refractivity (Wildman–Crippen MR) is 105 cm³/mol. The third kappa shape index (κ3) is 5.43. The minimum atomic E-state index is -0.298. The molecule has 2 fully saturated rings. The average molecular weight is 394 g/mol. The summed E-state index contributed by atoms with van der Waals surface area (Å²) in [5.74, 6) is -0.461. The molecule has 0 unspecified atom stereocenters. The molecule has 0 atom stereocenters. The van der Waals surface area contributed by atoms with Crippen LogP contribution >= 0.6 is 11.6 Å². The van der Waals surface area contributed by atoms with E-state index in [1.807, 2.05) is 0 Å². The zero-order chi connectivity index (χ0) is 19.1. The molecule has 7 heteroatoms. The number of ether oxygens (including phenoxy) is 1. The number of nitrogens with zero attached hydrogens (tertiary/aromatic N) is 1. The number of nitrogens with one attached hydrogen (secondary N) is 2. The molecule has 3 rings (SSSR count). The summed E-state index contributed by atoms with van der Waals surface area (Å²) in [6.07, 6.45) is 5.84. The quantitative estimate of drug-likeness (QED) is 0.777. The van der Waals surface area contributed by atoms with Gasteiger partial charge in [-0.25, -0.2) is 0 Å². The van der Waals surface area contributed by atoms with Gasteiger partial charge in [-0.15, -0.1) is 0 Å². The minimum absolute atomic E-state index is 0.0225. The molecule has 1 aliphatic heterocycles. The first-order valence-corrected chi connectivity index (χ1v) is 10.1. The topological polar surface area (TPSA) is 70.7 Å². The largest absolute Gasteiger partial charge is 0.379 e. The molecule has 1 saturated heterocycles. The van der Waals surface area contributed by atoms with E-state index in [2.05, 4.69) is 15.5 Å². The average Bonchev–Trinajstić information content (AvgIpc) is 2.72. The molecule has 2 N–H and O–H groups in total. The lowest BCUT2D eigenvalue weighted by Crippen LogP contribution is -2.60. The second kappa shape index (κ2) is 9.53. The van der Waals surface area contributed by atoms with Crippen LogP contribution in [0.4, 0.5) is 0 Å². The first-order valence-electron chi connectivity index (χ1n) is 9.72. The lowest BCUT2D eigenvalue weighted by molar-refractivity contribution is -0.121. The van der Waals surface area contributed by atoms with Crippen LogP contribution in [0.3, 0.4) is 0 Å². The van der Waals surface area contributed by atoms with Gasteiger partial charge in [0.2, 0.25) is 5.91 Å². The Morgan fingerprint density at radius 1 is 1.11 bits per heavy atom. The molecule has 6 nitrogen and oxygen atoms in total. The summed E-state index contributed by atoms with van der Waals surface area (Å²) in [7, 11) is 0. The van der Waals surface area contributed by atoms with Gasteiger partial charge in [-0.1, -0.05) is 36.9 Å². The molecular weight excluding hydrogens is 366 g/mol. The lowest BCUT2D eigenvalue weighted by atomic mass is 9.79. The Labute approximate surface area is 165 Å². The standard InChI is InChI=1S/C20H28ClN3O3/c21-17-6-4-5-16(13-17)19(26)22-14-18(25)23-15-20(7-2-1-3-8-20)24-9-11-27-12-10-24/h4-6,13H,1-3,7-12,14-15H2,(H,22,26)(H,23,25). The fraction of sp³-hybridized carbons (Fsp3) is 0.600. The number of hydrogen-bond acceptors (Lipinski definition) is 4. The highest BCUT2D eigenvalue weighted by molar-refractivity contribution is 6.30. The molecule has 1 aromatic rings. The van der Waals surface area contributed by atoms with E-state index in [1.165, 1.54) is 19.3 Å². The van der Waals surface area contributed by atoms with Crippen LogP contribution in [-0.4, -0.2) is 61.6 Å². The maximum absolute atomic E-state index is 12.3. The molecule has 148 valence electrons. The summed E-state index contributed by atoms with van der Waals surface area (Å²) in [6, 6.07) is 6.69. The van der Waals surface area contributed by atoms with Gasteiger partial charge in [-0.05, 0) is 31.0 Å². The third-order valence-electron chi connectivity index (χ3n) is 5.58. The first kappa shape index (κ1) is 20.1. The molecule has 0 bridgehead atoms. The molecule has 0 radical (unpaired) electrons. The van der Waals surface area contributed by atoms with Crippen LogP contribution in [0.15, 0.2) is 24.3 Å². The van der Waals surface area contributed by atoms with Gasteiger partial charge in [0, 0.05) is 35.8 Å². The Hall–Kier alpha value is -1.63. The predicted octanol–water partition coefficient (Wildman–Crippen LogP) is 2.22. The second-order valence-electron chi connectivity index (χ2n) is 7.35. The van der Waals surface area contributed by atoms with E-state index in [4.69, 9.17) is 16.3 Å². The summed E-state index contributed by atoms with van der Waals surface area (Å²) in [6.45, 7) is 3.93. The van der Waals surface area contributed by atoms with Crippen LogP contribution in [0, 0.1) is 0 Å². The number of benzene rings is 1. The fourth-order valence-corrected chi connectivity index (χ4v) is 4.26. The van der Waals surface area contributed by atoms with Gasteiger partial charge in [-0.2, -0.15) is 0 Å². The van der Waals surface area contributed by atoms with E-state index in [0.717, 1.165) is 39.1 Å². The maximum Gasteiger partial charge on any atom is 0.251 e. The van der Waals surface area contributed by atoms with E-state index in [0.29, 0.717) is 17.1 Å². The molecular formula is C20H28ClN3O3. The van der Waals surface area contributed by atoms with Crippen molar-refractivity contribution < 1.29 is 14.3 Å². The van der Waals surface area contributed by atoms with Crippen LogP contribution < -0.4 is 10.6 Å². The number of morpholine rings is 1. The van der Waals surface area contributed by atoms with Crippen molar-refractivity contribution in [1.82, 2.24) is 15.5 Å². The second-order valence-corrected chi connectivity index (χ2v) is 7.79. The fourth-order valence-electron chi connectivity index (χ4n) is 4.07. The Morgan fingerprint density at radius 3 is 2.56 bits per heavy atom. The SMILES string of the molecule is O=C(CNC(=O)c1cccc(Cl)c1)NCC1(N2CCOCC2)CCCCC1. The van der Waals surface area contributed by atoms with Gasteiger partial charge in [0.1, 0.15) is 0 Å². The summed E-state index contributed by atoms with van der Waals surface area (Å²) in [5, 5.41) is 6.21. The maximum atomic E-state index is 12.3. The van der Waals surface area contributed by atoms with Crippen LogP contribution in [0.2, 0.25) is 5.02 Å². The smallest absolute Gasteiger partial charge is 0.251 e. The highest BCUT2D eigenvalue weighted by atomic mass is 35.5.